The molecule has 2 aliphatic heterocycles. The molecule has 13 rings (SSSR count). The predicted molar refractivity (Wildman–Crippen MR) is 232 cm³/mol. The Hall–Kier alpha value is -4.15. The molecule has 10 nitrogen and oxygen atoms in total. The van der Waals surface area contributed by atoms with E-state index in [0.29, 0.717) is 86.0 Å². The fraction of sp³-hybridized carbons (Fsp3) is 0.686. The molecular weight excluding hydrogens is 784 g/mol. The van der Waals surface area contributed by atoms with Crippen molar-refractivity contribution in [1.29, 1.82) is 0 Å². The zero-order chi connectivity index (χ0) is 43.1. The number of likely N-dealkylation sites (tertiary alicyclic amines) is 2. The zero-order valence-electron chi connectivity index (χ0n) is 37.2. The van der Waals surface area contributed by atoms with Crippen molar-refractivity contribution in [2.24, 2.45) is 58.7 Å². The highest BCUT2D eigenvalue weighted by molar-refractivity contribution is 5.80. The minimum Gasteiger partial charge on any atom is -0.442 e. The predicted octanol–water partition coefficient (Wildman–Crippen LogP) is 8.23. The maximum absolute atomic E-state index is 13.7. The van der Waals surface area contributed by atoms with Crippen molar-refractivity contribution in [2.75, 3.05) is 33.2 Å². The molecule has 4 amide bonds. The number of carbonyl (C=O) groups is 4. The van der Waals surface area contributed by atoms with Crippen LogP contribution in [0.1, 0.15) is 109 Å². The number of nitrogens with zero attached hydrogens (tertiary/aromatic N) is 2. The lowest BCUT2D eigenvalue weighted by atomic mass is 9.37. The lowest BCUT2D eigenvalue weighted by molar-refractivity contribution is -0.160. The standard InChI is InChI=1S/C26H34N2O3.C25H33FN2O3/c1-16-17-9-20-11-18(16)12-21(10-17)26(20,19-5-3-2-4-6-19)13-24(29)28-14-23(15-28)31-25(30)27-22-7-8-22;1-24(2)16-8-18-10-17(24)11-19(9-16)25(18,15-4-6-20(26)7-5-15)12-22(29)28-13-21(14-28)31-23(30)27-3/h2-6,16-18,20-23H,7-15H2,1H3,(H,27,30);4-7,16-19,21H,8-14H2,1-3H3,(H,27,30). The van der Waals surface area contributed by atoms with Crippen molar-refractivity contribution in [3.63, 3.8) is 0 Å². The van der Waals surface area contributed by atoms with Gasteiger partial charge < -0.3 is 29.9 Å². The summed E-state index contributed by atoms with van der Waals surface area (Å²) in [5, 5.41) is 5.32. The fourth-order valence-electron chi connectivity index (χ4n) is 14.9. The first-order valence-corrected chi connectivity index (χ1v) is 24.0. The number of hydrogen-bond acceptors (Lipinski definition) is 6. The van der Waals surface area contributed by atoms with Crippen LogP contribution in [0.25, 0.3) is 0 Å². The first-order chi connectivity index (χ1) is 29.8. The summed E-state index contributed by atoms with van der Waals surface area (Å²) < 4.78 is 24.5. The summed E-state index contributed by atoms with van der Waals surface area (Å²) in [7, 11) is 1.53. The Labute approximate surface area is 366 Å². The van der Waals surface area contributed by atoms with Gasteiger partial charge in [0.1, 0.15) is 18.0 Å². The molecule has 11 fully saturated rings. The second kappa shape index (κ2) is 15.8. The number of carbonyl (C=O) groups excluding carboxylic acids is 4. The number of halogens is 1. The first kappa shape index (κ1) is 41.8. The highest BCUT2D eigenvalue weighted by Crippen LogP contribution is 2.69. The lowest BCUT2D eigenvalue weighted by Gasteiger charge is -2.67. The van der Waals surface area contributed by atoms with Crippen molar-refractivity contribution in [3.05, 3.63) is 71.5 Å². The van der Waals surface area contributed by atoms with Gasteiger partial charge in [-0.1, -0.05) is 63.2 Å². The van der Waals surface area contributed by atoms with E-state index < -0.39 is 6.09 Å². The van der Waals surface area contributed by atoms with E-state index in [4.69, 9.17) is 9.47 Å². The van der Waals surface area contributed by atoms with Crippen LogP contribution in [0.5, 0.6) is 0 Å². The van der Waals surface area contributed by atoms with E-state index >= 15 is 0 Å². The average molecular weight is 851 g/mol. The average Bonchev–Trinajstić information content (AvgIpc) is 4.03. The molecule has 2 heterocycles. The van der Waals surface area contributed by atoms with E-state index in [9.17, 15) is 23.6 Å². The maximum Gasteiger partial charge on any atom is 0.407 e. The Bertz CT molecular complexity index is 1960. The number of rotatable bonds is 9. The Morgan fingerprint density at radius 2 is 1.06 bits per heavy atom. The van der Waals surface area contributed by atoms with Crippen LogP contribution in [0.2, 0.25) is 0 Å². The third-order valence-corrected chi connectivity index (χ3v) is 18.8. The van der Waals surface area contributed by atoms with Crippen LogP contribution in [-0.4, -0.2) is 85.3 Å². The molecule has 0 atom stereocenters. The van der Waals surface area contributed by atoms with Gasteiger partial charge in [-0.05, 0) is 146 Å². The van der Waals surface area contributed by atoms with Gasteiger partial charge in [0, 0.05) is 36.8 Å². The zero-order valence-corrected chi connectivity index (χ0v) is 37.2. The normalized spacial score (nSPS) is 37.1. The molecule has 2 N–H and O–H groups in total. The van der Waals surface area contributed by atoms with E-state index in [-0.39, 0.29) is 46.8 Å². The van der Waals surface area contributed by atoms with Crippen molar-refractivity contribution in [2.45, 2.75) is 127 Å². The largest absolute Gasteiger partial charge is 0.442 e. The van der Waals surface area contributed by atoms with E-state index in [1.54, 1.807) is 12.1 Å². The summed E-state index contributed by atoms with van der Waals surface area (Å²) in [6.45, 7) is 9.31. The van der Waals surface area contributed by atoms with E-state index in [0.717, 1.165) is 61.8 Å². The quantitative estimate of drug-likeness (QED) is 0.263. The van der Waals surface area contributed by atoms with Crippen molar-refractivity contribution in [1.82, 2.24) is 20.4 Å². The van der Waals surface area contributed by atoms with E-state index in [2.05, 4.69) is 61.7 Å². The maximum atomic E-state index is 13.7. The molecule has 334 valence electrons. The van der Waals surface area contributed by atoms with Crippen LogP contribution in [0, 0.1) is 64.5 Å². The van der Waals surface area contributed by atoms with Gasteiger partial charge in [-0.2, -0.15) is 0 Å². The summed E-state index contributed by atoms with van der Waals surface area (Å²) in [6.07, 6.45) is 11.8. The molecule has 62 heavy (non-hydrogen) atoms. The molecule has 11 aliphatic rings. The van der Waals surface area contributed by atoms with Gasteiger partial charge in [0.25, 0.3) is 0 Å². The molecule has 11 heteroatoms. The van der Waals surface area contributed by atoms with Crippen LogP contribution in [0.15, 0.2) is 54.6 Å². The van der Waals surface area contributed by atoms with E-state index in [1.807, 2.05) is 21.9 Å². The second-order valence-corrected chi connectivity index (χ2v) is 21.9. The van der Waals surface area contributed by atoms with Gasteiger partial charge in [-0.15, -0.1) is 0 Å². The number of amides is 4. The van der Waals surface area contributed by atoms with Gasteiger partial charge in [0.2, 0.25) is 11.8 Å². The smallest absolute Gasteiger partial charge is 0.407 e. The molecule has 2 aromatic rings. The van der Waals surface area contributed by atoms with Gasteiger partial charge in [0.05, 0.1) is 26.2 Å². The van der Waals surface area contributed by atoms with Gasteiger partial charge in [-0.25, -0.2) is 14.0 Å². The molecule has 0 radical (unpaired) electrons. The number of nitrogens with one attached hydrogen (secondary N) is 2. The third-order valence-electron chi connectivity index (χ3n) is 18.8. The van der Waals surface area contributed by atoms with E-state index in [1.165, 1.54) is 38.3 Å². The summed E-state index contributed by atoms with van der Waals surface area (Å²) >= 11 is 0. The molecule has 2 aromatic carbocycles. The van der Waals surface area contributed by atoms with Gasteiger partial charge in [0.15, 0.2) is 0 Å². The van der Waals surface area contributed by atoms with Crippen LogP contribution in [0.4, 0.5) is 14.0 Å². The van der Waals surface area contributed by atoms with Crippen LogP contribution < -0.4 is 10.6 Å². The molecule has 9 saturated carbocycles. The number of ether oxygens (including phenoxy) is 2. The van der Waals surface area contributed by atoms with Crippen molar-refractivity contribution in [3.8, 4) is 0 Å². The highest BCUT2D eigenvalue weighted by atomic mass is 19.1. The Morgan fingerprint density at radius 1 is 0.629 bits per heavy atom. The molecular formula is C51H67FN4O6. The van der Waals surface area contributed by atoms with Crippen molar-refractivity contribution >= 4 is 24.0 Å². The Morgan fingerprint density at radius 3 is 1.52 bits per heavy atom. The minimum absolute atomic E-state index is 0.0131. The number of benzene rings is 2. The first-order valence-electron chi connectivity index (χ1n) is 24.0. The molecule has 2 saturated heterocycles. The number of hydrogen-bond donors (Lipinski definition) is 2. The topological polar surface area (TPSA) is 117 Å². The Balaban J connectivity index is 0.000000148. The molecule has 0 unspecified atom stereocenters. The second-order valence-electron chi connectivity index (χ2n) is 21.9. The van der Waals surface area contributed by atoms with Gasteiger partial charge in [-0.3, -0.25) is 9.59 Å². The summed E-state index contributed by atoms with van der Waals surface area (Å²) in [5.74, 6) is 6.31. The monoisotopic (exact) mass is 851 g/mol. The lowest BCUT2D eigenvalue weighted by Crippen LogP contribution is -2.63. The Kier molecular flexibility index (Phi) is 10.7. The van der Waals surface area contributed by atoms with Crippen LogP contribution in [-0.2, 0) is 29.9 Å². The van der Waals surface area contributed by atoms with Crippen LogP contribution >= 0.6 is 0 Å². The van der Waals surface area contributed by atoms with Crippen molar-refractivity contribution < 1.29 is 33.0 Å². The molecule has 9 aliphatic carbocycles. The highest BCUT2D eigenvalue weighted by Gasteiger charge is 2.64. The molecule has 0 spiro atoms. The molecule has 8 bridgehead atoms. The van der Waals surface area contributed by atoms with Crippen LogP contribution in [0.3, 0.4) is 0 Å². The third kappa shape index (κ3) is 7.19. The number of alkyl carbamates (subject to hydrolysis) is 2. The molecule has 0 aromatic heterocycles. The summed E-state index contributed by atoms with van der Waals surface area (Å²) in [5.41, 5.74) is 2.67. The van der Waals surface area contributed by atoms with Gasteiger partial charge >= 0.3 is 12.2 Å². The SMILES string of the molecule is CC1C2CC3CC1CC(C2)C3(CC(=O)N1CC(OC(=O)NC2CC2)C1)c1ccccc1.CNC(=O)OC1CN(C(=O)CC2(c3ccc(F)cc3)C3CC4CC2CC(C3)C4(C)C)C1. The fourth-order valence-corrected chi connectivity index (χ4v) is 14.9. The summed E-state index contributed by atoms with van der Waals surface area (Å²) in [6, 6.07) is 18.1. The minimum atomic E-state index is -0.455. The summed E-state index contributed by atoms with van der Waals surface area (Å²) in [4.78, 5) is 53.9.